The van der Waals surface area contributed by atoms with Crippen LogP contribution in [0.3, 0.4) is 0 Å². The summed E-state index contributed by atoms with van der Waals surface area (Å²) in [5.74, 6) is 0.269. The smallest absolute Gasteiger partial charge is 0.150 e. The summed E-state index contributed by atoms with van der Waals surface area (Å²) in [5.41, 5.74) is 1.96. The maximum atomic E-state index is 13.5. The summed E-state index contributed by atoms with van der Waals surface area (Å²) in [6.45, 7) is 2.46. The second-order valence-corrected chi connectivity index (χ2v) is 4.44. The summed E-state index contributed by atoms with van der Waals surface area (Å²) < 4.78 is 21.0. The van der Waals surface area contributed by atoms with Crippen molar-refractivity contribution in [1.29, 1.82) is 0 Å². The monoisotopic (exact) mass is 254 g/mol. The van der Waals surface area contributed by atoms with E-state index in [1.54, 1.807) is 13.2 Å². The molecule has 0 amide bonds. The standard InChI is InChI=1S/C12H12ClFN2O/c1-17-12-9-6-15-4-5-16(9)8-3-2-7(14)11(13)10(8)12/h2-3,15H,4-6H2,1H3. The average Bonchev–Trinajstić information content (AvgIpc) is 2.68. The number of nitrogens with zero attached hydrogens (tertiary/aromatic N) is 1. The predicted octanol–water partition coefficient (Wildman–Crippen LogP) is 2.55. The molecular formula is C12H12ClFN2O. The molecule has 0 unspecified atom stereocenters. The molecule has 3 nitrogen and oxygen atoms in total. The fraction of sp³-hybridized carbons (Fsp3) is 0.333. The van der Waals surface area contributed by atoms with E-state index in [4.69, 9.17) is 16.3 Å². The number of methoxy groups -OCH3 is 1. The first-order chi connectivity index (χ1) is 8.24. The molecule has 0 radical (unpaired) electrons. The van der Waals surface area contributed by atoms with Gasteiger partial charge < -0.3 is 14.6 Å². The molecule has 1 aromatic carbocycles. The molecule has 0 atom stereocenters. The molecule has 1 aliphatic rings. The van der Waals surface area contributed by atoms with E-state index in [0.717, 1.165) is 30.8 Å². The molecule has 0 aliphatic carbocycles. The number of benzene rings is 1. The Labute approximate surface area is 103 Å². The van der Waals surface area contributed by atoms with E-state index in [-0.39, 0.29) is 5.02 Å². The number of nitrogens with one attached hydrogen (secondary N) is 1. The molecule has 1 aliphatic heterocycles. The predicted molar refractivity (Wildman–Crippen MR) is 65.2 cm³/mol. The second kappa shape index (κ2) is 3.89. The number of ether oxygens (including phenoxy) is 1. The number of hydrogen-bond acceptors (Lipinski definition) is 2. The molecule has 0 fully saturated rings. The van der Waals surface area contributed by atoms with Gasteiger partial charge in [-0.05, 0) is 12.1 Å². The van der Waals surface area contributed by atoms with Gasteiger partial charge in [0.15, 0.2) is 5.75 Å². The first-order valence-corrected chi connectivity index (χ1v) is 5.85. The van der Waals surface area contributed by atoms with Crippen molar-refractivity contribution in [2.45, 2.75) is 13.1 Å². The van der Waals surface area contributed by atoms with Gasteiger partial charge >= 0.3 is 0 Å². The maximum Gasteiger partial charge on any atom is 0.150 e. The Morgan fingerprint density at radius 3 is 3.06 bits per heavy atom. The molecule has 90 valence electrons. The molecular weight excluding hydrogens is 243 g/mol. The molecule has 0 saturated carbocycles. The first-order valence-electron chi connectivity index (χ1n) is 5.48. The topological polar surface area (TPSA) is 26.2 Å². The molecule has 1 N–H and O–H groups in total. The van der Waals surface area contributed by atoms with Crippen LogP contribution in [0.25, 0.3) is 10.9 Å². The summed E-state index contributed by atoms with van der Waals surface area (Å²) >= 11 is 6.04. The third kappa shape index (κ3) is 1.44. The van der Waals surface area contributed by atoms with Crippen molar-refractivity contribution in [3.05, 3.63) is 28.7 Å². The van der Waals surface area contributed by atoms with Gasteiger partial charge in [-0.25, -0.2) is 4.39 Å². The number of halogens is 2. The van der Waals surface area contributed by atoms with Gasteiger partial charge in [0.2, 0.25) is 0 Å². The van der Waals surface area contributed by atoms with Gasteiger partial charge in [-0.1, -0.05) is 11.6 Å². The third-order valence-electron chi connectivity index (χ3n) is 3.19. The Hall–Kier alpha value is -1.26. The first kappa shape index (κ1) is 10.9. The Morgan fingerprint density at radius 1 is 1.47 bits per heavy atom. The largest absolute Gasteiger partial charge is 0.494 e. The Morgan fingerprint density at radius 2 is 2.29 bits per heavy atom. The van der Waals surface area contributed by atoms with Crippen molar-refractivity contribution in [3.8, 4) is 5.75 Å². The Bertz CT molecular complexity index is 594. The normalized spacial score (nSPS) is 15.0. The van der Waals surface area contributed by atoms with Gasteiger partial charge in [0, 0.05) is 19.6 Å². The lowest BCUT2D eigenvalue weighted by molar-refractivity contribution is 0.400. The molecule has 0 spiro atoms. The lowest BCUT2D eigenvalue weighted by Crippen LogP contribution is -2.27. The highest BCUT2D eigenvalue weighted by atomic mass is 35.5. The molecule has 2 heterocycles. The molecule has 17 heavy (non-hydrogen) atoms. The summed E-state index contributed by atoms with van der Waals surface area (Å²) in [6, 6.07) is 3.16. The van der Waals surface area contributed by atoms with Crippen molar-refractivity contribution in [3.63, 3.8) is 0 Å². The van der Waals surface area contributed by atoms with Crippen LogP contribution < -0.4 is 10.1 Å². The molecule has 3 rings (SSSR count). The van der Waals surface area contributed by atoms with Crippen LogP contribution in [0.1, 0.15) is 5.69 Å². The minimum Gasteiger partial charge on any atom is -0.494 e. The summed E-state index contributed by atoms with van der Waals surface area (Å²) in [6.07, 6.45) is 0. The Balaban J connectivity index is 2.43. The zero-order chi connectivity index (χ0) is 12.0. The second-order valence-electron chi connectivity index (χ2n) is 4.06. The molecule has 0 saturated heterocycles. The highest BCUT2D eigenvalue weighted by Crippen LogP contribution is 2.39. The van der Waals surface area contributed by atoms with Crippen LogP contribution in [0.2, 0.25) is 5.02 Å². The third-order valence-corrected chi connectivity index (χ3v) is 3.56. The van der Waals surface area contributed by atoms with E-state index in [0.29, 0.717) is 11.1 Å². The minimum absolute atomic E-state index is 0.140. The van der Waals surface area contributed by atoms with Gasteiger partial charge in [-0.2, -0.15) is 0 Å². The van der Waals surface area contributed by atoms with E-state index < -0.39 is 5.82 Å². The van der Waals surface area contributed by atoms with E-state index in [9.17, 15) is 4.39 Å². The van der Waals surface area contributed by atoms with Crippen LogP contribution in [0.5, 0.6) is 5.75 Å². The van der Waals surface area contributed by atoms with Crippen molar-refractivity contribution < 1.29 is 9.13 Å². The summed E-state index contributed by atoms with van der Waals surface area (Å²) in [4.78, 5) is 0. The Kier molecular flexibility index (Phi) is 2.49. The van der Waals surface area contributed by atoms with Gasteiger partial charge in [-0.3, -0.25) is 0 Å². The fourth-order valence-corrected chi connectivity index (χ4v) is 2.69. The fourth-order valence-electron chi connectivity index (χ4n) is 2.44. The molecule has 2 aromatic rings. The highest BCUT2D eigenvalue weighted by Gasteiger charge is 2.23. The van der Waals surface area contributed by atoms with Crippen molar-refractivity contribution in [1.82, 2.24) is 9.88 Å². The van der Waals surface area contributed by atoms with Crippen molar-refractivity contribution >= 4 is 22.5 Å². The van der Waals surface area contributed by atoms with Crippen LogP contribution in [0.15, 0.2) is 12.1 Å². The van der Waals surface area contributed by atoms with E-state index in [1.807, 2.05) is 0 Å². The lowest BCUT2D eigenvalue weighted by atomic mass is 10.2. The maximum absolute atomic E-state index is 13.5. The number of aromatic nitrogens is 1. The quantitative estimate of drug-likeness (QED) is 0.847. The summed E-state index contributed by atoms with van der Waals surface area (Å²) in [7, 11) is 1.59. The van der Waals surface area contributed by atoms with Crippen LogP contribution in [-0.2, 0) is 13.1 Å². The van der Waals surface area contributed by atoms with Crippen LogP contribution in [0, 0.1) is 5.82 Å². The van der Waals surface area contributed by atoms with E-state index in [1.165, 1.54) is 6.07 Å². The highest BCUT2D eigenvalue weighted by molar-refractivity contribution is 6.36. The zero-order valence-electron chi connectivity index (χ0n) is 9.39. The number of rotatable bonds is 1. The van der Waals surface area contributed by atoms with Gasteiger partial charge in [0.25, 0.3) is 0 Å². The number of fused-ring (bicyclic) bond motifs is 3. The van der Waals surface area contributed by atoms with Gasteiger partial charge in [-0.15, -0.1) is 0 Å². The van der Waals surface area contributed by atoms with Crippen molar-refractivity contribution in [2.24, 2.45) is 0 Å². The minimum atomic E-state index is -0.409. The summed E-state index contributed by atoms with van der Waals surface area (Å²) in [5, 5.41) is 4.09. The zero-order valence-corrected chi connectivity index (χ0v) is 10.1. The molecule has 1 aromatic heterocycles. The van der Waals surface area contributed by atoms with Crippen LogP contribution in [-0.4, -0.2) is 18.2 Å². The molecule has 0 bridgehead atoms. The molecule has 5 heteroatoms. The van der Waals surface area contributed by atoms with Crippen LogP contribution >= 0.6 is 11.6 Å². The van der Waals surface area contributed by atoms with Crippen molar-refractivity contribution in [2.75, 3.05) is 13.7 Å². The van der Waals surface area contributed by atoms with Gasteiger partial charge in [0.05, 0.1) is 28.7 Å². The SMILES string of the molecule is COc1c2n(c3ccc(F)c(Cl)c13)CCNC2. The van der Waals surface area contributed by atoms with Crippen LogP contribution in [0.4, 0.5) is 4.39 Å². The van der Waals surface area contributed by atoms with E-state index >= 15 is 0 Å². The van der Waals surface area contributed by atoms with E-state index in [2.05, 4.69) is 9.88 Å². The average molecular weight is 255 g/mol. The van der Waals surface area contributed by atoms with Gasteiger partial charge in [0.1, 0.15) is 5.82 Å². The number of hydrogen-bond donors (Lipinski definition) is 1. The lowest BCUT2D eigenvalue weighted by Gasteiger charge is -2.17.